The van der Waals surface area contributed by atoms with Crippen LogP contribution in [-0.4, -0.2) is 27.1 Å². The maximum absolute atomic E-state index is 12.2. The number of rotatable bonds is 7. The Morgan fingerprint density at radius 3 is 2.07 bits per heavy atom. The summed E-state index contributed by atoms with van der Waals surface area (Å²) >= 11 is 0. The molecule has 146 valence electrons. The number of hydrogen-bond acceptors (Lipinski definition) is 3. The molecule has 1 amide bonds. The van der Waals surface area contributed by atoms with Gasteiger partial charge in [0.1, 0.15) is 0 Å². The number of nitrogens with one attached hydrogen (secondary N) is 1. The van der Waals surface area contributed by atoms with Gasteiger partial charge >= 0.3 is 0 Å². The van der Waals surface area contributed by atoms with E-state index >= 15 is 0 Å². The molecule has 27 heavy (non-hydrogen) atoms. The predicted octanol–water partition coefficient (Wildman–Crippen LogP) is 4.11. The second-order valence-corrected chi connectivity index (χ2v) is 8.96. The molecule has 1 N–H and O–H groups in total. The Bertz CT molecular complexity index is 936. The molecule has 0 unspecified atom stereocenters. The number of carbonyl (C=O) groups is 1. The molecule has 0 aliphatic rings. The van der Waals surface area contributed by atoms with E-state index in [0.717, 1.165) is 22.4 Å². The summed E-state index contributed by atoms with van der Waals surface area (Å²) in [5.41, 5.74) is 5.83. The Kier molecular flexibility index (Phi) is 6.65. The summed E-state index contributed by atoms with van der Waals surface area (Å²) in [6, 6.07) is 11.4. The van der Waals surface area contributed by atoms with E-state index in [0.29, 0.717) is 12.1 Å². The van der Waals surface area contributed by atoms with E-state index in [1.54, 1.807) is 6.07 Å². The average Bonchev–Trinajstić information content (AvgIpc) is 2.57. The van der Waals surface area contributed by atoms with Crippen molar-refractivity contribution >= 4 is 27.3 Å². The monoisotopic (exact) mass is 388 g/mol. The van der Waals surface area contributed by atoms with Crippen molar-refractivity contribution in [2.45, 2.75) is 40.5 Å². The van der Waals surface area contributed by atoms with Crippen molar-refractivity contribution in [3.63, 3.8) is 0 Å². The smallest absolute Gasteiger partial charge is 0.232 e. The first-order valence-corrected chi connectivity index (χ1v) is 10.8. The van der Waals surface area contributed by atoms with Crippen molar-refractivity contribution in [1.29, 1.82) is 0 Å². The Morgan fingerprint density at radius 2 is 1.52 bits per heavy atom. The van der Waals surface area contributed by atoms with Crippen LogP contribution in [0, 0.1) is 27.7 Å². The minimum absolute atomic E-state index is 0.119. The number of anilines is 2. The van der Waals surface area contributed by atoms with Gasteiger partial charge in [0.05, 0.1) is 11.9 Å². The van der Waals surface area contributed by atoms with Gasteiger partial charge in [0, 0.05) is 18.7 Å². The zero-order valence-electron chi connectivity index (χ0n) is 16.7. The summed E-state index contributed by atoms with van der Waals surface area (Å²) < 4.78 is 25.7. The summed E-state index contributed by atoms with van der Waals surface area (Å²) in [6.07, 6.45) is 1.89. The highest BCUT2D eigenvalue weighted by Gasteiger charge is 2.18. The molecule has 0 aliphatic heterocycles. The van der Waals surface area contributed by atoms with Gasteiger partial charge in [-0.25, -0.2) is 8.42 Å². The van der Waals surface area contributed by atoms with Crippen molar-refractivity contribution in [3.05, 3.63) is 58.7 Å². The minimum Gasteiger partial charge on any atom is -0.326 e. The molecule has 0 heterocycles. The topological polar surface area (TPSA) is 66.5 Å². The molecule has 2 aromatic carbocycles. The van der Waals surface area contributed by atoms with E-state index in [9.17, 15) is 13.2 Å². The van der Waals surface area contributed by atoms with Crippen molar-refractivity contribution in [2.75, 3.05) is 22.4 Å². The van der Waals surface area contributed by atoms with Gasteiger partial charge in [-0.3, -0.25) is 9.10 Å². The molecule has 0 spiro atoms. The van der Waals surface area contributed by atoms with Gasteiger partial charge in [-0.2, -0.15) is 0 Å². The first kappa shape index (κ1) is 21.0. The predicted molar refractivity (Wildman–Crippen MR) is 112 cm³/mol. The standard InChI is InChI=1S/C21H28N2O3S/c1-15-8-10-19(13-17(15)3)22-21(24)7-6-12-23(27(5,25)26)20-11-9-16(2)18(4)14-20/h8-11,13-14H,6-7,12H2,1-5H3,(H,22,24). The number of carbonyl (C=O) groups excluding carboxylic acids is 1. The summed E-state index contributed by atoms with van der Waals surface area (Å²) in [5, 5.41) is 2.87. The van der Waals surface area contributed by atoms with Gasteiger partial charge in [-0.05, 0) is 80.6 Å². The summed E-state index contributed by atoms with van der Waals surface area (Å²) in [5.74, 6) is -0.119. The van der Waals surface area contributed by atoms with Crippen LogP contribution < -0.4 is 9.62 Å². The van der Waals surface area contributed by atoms with Crippen LogP contribution in [0.1, 0.15) is 35.1 Å². The lowest BCUT2D eigenvalue weighted by molar-refractivity contribution is -0.116. The van der Waals surface area contributed by atoms with Crippen molar-refractivity contribution < 1.29 is 13.2 Å². The summed E-state index contributed by atoms with van der Waals surface area (Å²) in [6.45, 7) is 8.23. The van der Waals surface area contributed by atoms with E-state index < -0.39 is 10.0 Å². The molecule has 0 radical (unpaired) electrons. The molecule has 2 rings (SSSR count). The fourth-order valence-electron chi connectivity index (χ4n) is 2.79. The maximum Gasteiger partial charge on any atom is 0.232 e. The molecule has 5 nitrogen and oxygen atoms in total. The molecule has 0 aliphatic carbocycles. The second kappa shape index (κ2) is 8.57. The molecule has 2 aromatic rings. The van der Waals surface area contributed by atoms with Gasteiger partial charge in [0.2, 0.25) is 15.9 Å². The van der Waals surface area contributed by atoms with Gasteiger partial charge in [-0.1, -0.05) is 12.1 Å². The first-order valence-electron chi connectivity index (χ1n) is 9.00. The van der Waals surface area contributed by atoms with Crippen molar-refractivity contribution in [1.82, 2.24) is 0 Å². The number of hydrogen-bond donors (Lipinski definition) is 1. The fourth-order valence-corrected chi connectivity index (χ4v) is 3.75. The molecule has 6 heteroatoms. The van der Waals surface area contributed by atoms with E-state index in [-0.39, 0.29) is 18.9 Å². The van der Waals surface area contributed by atoms with Crippen LogP contribution in [0.15, 0.2) is 36.4 Å². The highest BCUT2D eigenvalue weighted by atomic mass is 32.2. The third kappa shape index (κ3) is 5.82. The largest absolute Gasteiger partial charge is 0.326 e. The summed E-state index contributed by atoms with van der Waals surface area (Å²) in [4.78, 5) is 12.2. The van der Waals surface area contributed by atoms with Crippen LogP contribution >= 0.6 is 0 Å². The Hall–Kier alpha value is -2.34. The van der Waals surface area contributed by atoms with Crippen LogP contribution in [0.5, 0.6) is 0 Å². The lowest BCUT2D eigenvalue weighted by atomic mass is 10.1. The van der Waals surface area contributed by atoms with E-state index in [1.165, 1.54) is 16.1 Å². The van der Waals surface area contributed by atoms with Gasteiger partial charge < -0.3 is 5.32 Å². The van der Waals surface area contributed by atoms with Gasteiger partial charge in [-0.15, -0.1) is 0 Å². The Morgan fingerprint density at radius 1 is 0.926 bits per heavy atom. The SMILES string of the molecule is Cc1ccc(NC(=O)CCCN(c2ccc(C)c(C)c2)S(C)(=O)=O)cc1C. The summed E-state index contributed by atoms with van der Waals surface area (Å²) in [7, 11) is -3.41. The second-order valence-electron chi connectivity index (χ2n) is 7.05. The third-order valence-corrected chi connectivity index (χ3v) is 5.93. The molecule has 0 fully saturated rings. The van der Waals surface area contributed by atoms with Gasteiger partial charge in [0.25, 0.3) is 0 Å². The molecule has 0 saturated carbocycles. The Labute approximate surface area is 162 Å². The van der Waals surface area contributed by atoms with Crippen molar-refractivity contribution in [3.8, 4) is 0 Å². The maximum atomic E-state index is 12.2. The zero-order valence-corrected chi connectivity index (χ0v) is 17.5. The van der Waals surface area contributed by atoms with Crippen LogP contribution in [0.4, 0.5) is 11.4 Å². The quantitative estimate of drug-likeness (QED) is 0.776. The van der Waals surface area contributed by atoms with Crippen LogP contribution in [0.25, 0.3) is 0 Å². The lowest BCUT2D eigenvalue weighted by Crippen LogP contribution is -2.31. The minimum atomic E-state index is -3.41. The lowest BCUT2D eigenvalue weighted by Gasteiger charge is -2.23. The van der Waals surface area contributed by atoms with Gasteiger partial charge in [0.15, 0.2) is 0 Å². The number of sulfonamides is 1. The first-order chi connectivity index (χ1) is 12.6. The molecule has 0 atom stereocenters. The van der Waals surface area contributed by atoms with Crippen molar-refractivity contribution in [2.24, 2.45) is 0 Å². The molecule has 0 aromatic heterocycles. The van der Waals surface area contributed by atoms with Crippen LogP contribution in [0.3, 0.4) is 0 Å². The van der Waals surface area contributed by atoms with E-state index in [2.05, 4.69) is 5.32 Å². The average molecular weight is 389 g/mol. The fraction of sp³-hybridized carbons (Fsp3) is 0.381. The third-order valence-electron chi connectivity index (χ3n) is 4.73. The number of amides is 1. The highest BCUT2D eigenvalue weighted by molar-refractivity contribution is 7.92. The van der Waals surface area contributed by atoms with Crippen LogP contribution in [-0.2, 0) is 14.8 Å². The highest BCUT2D eigenvalue weighted by Crippen LogP contribution is 2.22. The molecule has 0 saturated heterocycles. The van der Waals surface area contributed by atoms with E-state index in [4.69, 9.17) is 0 Å². The normalized spacial score (nSPS) is 11.3. The van der Waals surface area contributed by atoms with E-state index in [1.807, 2.05) is 58.0 Å². The number of benzene rings is 2. The van der Waals surface area contributed by atoms with Crippen LogP contribution in [0.2, 0.25) is 0 Å². The Balaban J connectivity index is 1.99. The number of aryl methyl sites for hydroxylation is 4. The number of nitrogens with zero attached hydrogens (tertiary/aromatic N) is 1. The molecular formula is C21H28N2O3S. The molecule has 0 bridgehead atoms. The molecular weight excluding hydrogens is 360 g/mol. The zero-order chi connectivity index (χ0) is 20.2.